The highest BCUT2D eigenvalue weighted by Crippen LogP contribution is 2.25. The van der Waals surface area contributed by atoms with Crippen molar-refractivity contribution in [1.82, 2.24) is 9.97 Å². The zero-order chi connectivity index (χ0) is 22.5. The van der Waals surface area contributed by atoms with Gasteiger partial charge in [-0.25, -0.2) is 4.98 Å². The Morgan fingerprint density at radius 3 is 2.47 bits per heavy atom. The van der Waals surface area contributed by atoms with Crippen LogP contribution >= 0.6 is 0 Å². The molecule has 4 rings (SSSR count). The van der Waals surface area contributed by atoms with Gasteiger partial charge in [-0.1, -0.05) is 54.6 Å². The number of nitrogens with one attached hydrogen (secondary N) is 2. The van der Waals surface area contributed by atoms with Gasteiger partial charge in [0.15, 0.2) is 5.82 Å². The number of rotatable bonds is 7. The number of hydrogen-bond acceptors (Lipinski definition) is 5. The van der Waals surface area contributed by atoms with E-state index in [0.29, 0.717) is 35.0 Å². The van der Waals surface area contributed by atoms with Crippen LogP contribution < -0.4 is 21.5 Å². The van der Waals surface area contributed by atoms with Crippen molar-refractivity contribution in [2.45, 2.75) is 6.61 Å². The van der Waals surface area contributed by atoms with Crippen LogP contribution in [0.25, 0.3) is 11.4 Å². The van der Waals surface area contributed by atoms with Crippen LogP contribution in [0, 0.1) is 0 Å². The molecular weight excluding hydrogens is 406 g/mol. The van der Waals surface area contributed by atoms with E-state index in [1.807, 2.05) is 30.3 Å². The Hall–Kier alpha value is -4.59. The normalized spacial score (nSPS) is 10.5. The van der Waals surface area contributed by atoms with Crippen LogP contribution in [0.3, 0.4) is 0 Å². The number of imidazole rings is 1. The number of para-hydroxylation sites is 1. The number of hydrogen-bond donors (Lipinski definition) is 4. The summed E-state index contributed by atoms with van der Waals surface area (Å²) in [4.78, 5) is 32.1. The summed E-state index contributed by atoms with van der Waals surface area (Å²) in [7, 11) is 0. The van der Waals surface area contributed by atoms with Crippen molar-refractivity contribution in [3.8, 4) is 17.1 Å². The van der Waals surface area contributed by atoms with Gasteiger partial charge < -0.3 is 26.5 Å². The van der Waals surface area contributed by atoms with Crippen molar-refractivity contribution >= 4 is 23.3 Å². The van der Waals surface area contributed by atoms with Gasteiger partial charge in [0.1, 0.15) is 23.9 Å². The highest BCUT2D eigenvalue weighted by molar-refractivity contribution is 6.09. The van der Waals surface area contributed by atoms with Crippen LogP contribution in [0.5, 0.6) is 5.75 Å². The maximum absolute atomic E-state index is 13.0. The number of amides is 2. The number of nitrogens with two attached hydrogens (primary N) is 2. The molecule has 1 aromatic heterocycles. The molecule has 2 amide bonds. The first-order valence-corrected chi connectivity index (χ1v) is 9.84. The van der Waals surface area contributed by atoms with Gasteiger partial charge in [0.2, 0.25) is 0 Å². The number of nitrogens with zero attached hydrogens (tertiary/aromatic N) is 1. The second-order valence-corrected chi connectivity index (χ2v) is 7.02. The largest absolute Gasteiger partial charge is 0.488 e. The fourth-order valence-corrected chi connectivity index (χ4v) is 3.15. The first kappa shape index (κ1) is 20.7. The quantitative estimate of drug-likeness (QED) is 0.334. The summed E-state index contributed by atoms with van der Waals surface area (Å²) in [5, 5.41) is 2.66. The second kappa shape index (κ2) is 9.05. The van der Waals surface area contributed by atoms with Crippen LogP contribution in [0.1, 0.15) is 26.4 Å². The van der Waals surface area contributed by atoms with Gasteiger partial charge in [-0.05, 0) is 29.8 Å². The Morgan fingerprint density at radius 2 is 1.72 bits per heavy atom. The monoisotopic (exact) mass is 427 g/mol. The number of carbonyl (C=O) groups is 2. The van der Waals surface area contributed by atoms with E-state index in [1.54, 1.807) is 48.5 Å². The van der Waals surface area contributed by atoms with Crippen molar-refractivity contribution in [2.24, 2.45) is 5.73 Å². The average Bonchev–Trinajstić information content (AvgIpc) is 3.23. The number of primary amides is 1. The summed E-state index contributed by atoms with van der Waals surface area (Å²) in [6, 6.07) is 23.4. The minimum atomic E-state index is -0.753. The first-order chi connectivity index (χ1) is 15.5. The lowest BCUT2D eigenvalue weighted by Crippen LogP contribution is -2.19. The third kappa shape index (κ3) is 4.59. The Balaban J connectivity index is 1.58. The Labute approximate surface area is 184 Å². The van der Waals surface area contributed by atoms with Gasteiger partial charge in [0.25, 0.3) is 11.8 Å². The lowest BCUT2D eigenvalue weighted by molar-refractivity contribution is 0.0997. The maximum atomic E-state index is 13.0. The highest BCUT2D eigenvalue weighted by Gasteiger charge is 2.20. The number of anilines is 2. The van der Waals surface area contributed by atoms with Gasteiger partial charge in [-0.2, -0.15) is 0 Å². The molecule has 3 aromatic carbocycles. The van der Waals surface area contributed by atoms with Crippen LogP contribution in [0.2, 0.25) is 0 Å². The fourth-order valence-electron chi connectivity index (χ4n) is 3.15. The summed E-state index contributed by atoms with van der Waals surface area (Å²) in [6.45, 7) is 0.305. The molecule has 4 aromatic rings. The molecule has 0 aliphatic carbocycles. The molecule has 8 nitrogen and oxygen atoms in total. The molecule has 0 atom stereocenters. The number of carbonyl (C=O) groups excluding carboxylic acids is 2. The van der Waals surface area contributed by atoms with E-state index < -0.39 is 11.8 Å². The molecule has 1 heterocycles. The molecule has 0 spiro atoms. The second-order valence-electron chi connectivity index (χ2n) is 7.02. The molecule has 0 aliphatic rings. The van der Waals surface area contributed by atoms with Crippen LogP contribution in [-0.2, 0) is 6.61 Å². The molecule has 160 valence electrons. The van der Waals surface area contributed by atoms with Gasteiger partial charge in [-0.15, -0.1) is 0 Å². The van der Waals surface area contributed by atoms with E-state index in [1.165, 1.54) is 0 Å². The molecule has 0 saturated carbocycles. The summed E-state index contributed by atoms with van der Waals surface area (Å²) < 4.78 is 5.85. The van der Waals surface area contributed by atoms with Crippen LogP contribution in [0.4, 0.5) is 11.5 Å². The van der Waals surface area contributed by atoms with Crippen molar-refractivity contribution in [3.63, 3.8) is 0 Å². The molecule has 8 heteroatoms. The zero-order valence-electron chi connectivity index (χ0n) is 17.0. The Bertz CT molecular complexity index is 1270. The maximum Gasteiger partial charge on any atom is 0.269 e. The zero-order valence-corrected chi connectivity index (χ0v) is 17.0. The number of ether oxygens (including phenoxy) is 1. The number of benzene rings is 3. The van der Waals surface area contributed by atoms with Crippen LogP contribution in [-0.4, -0.2) is 21.8 Å². The predicted octanol–water partition coefficient (Wildman–Crippen LogP) is 3.59. The topological polar surface area (TPSA) is 136 Å². The highest BCUT2D eigenvalue weighted by atomic mass is 16.5. The molecule has 0 aliphatic heterocycles. The SMILES string of the molecule is NC(=O)c1[nH]c(-c2cccc(N)c2)nc1NC(=O)c1ccccc1OCc1ccccc1. The molecule has 0 saturated heterocycles. The Morgan fingerprint density at radius 1 is 0.969 bits per heavy atom. The van der Waals surface area contributed by atoms with Crippen molar-refractivity contribution in [3.05, 3.63) is 95.7 Å². The van der Waals surface area contributed by atoms with Crippen LogP contribution in [0.15, 0.2) is 78.9 Å². The first-order valence-electron chi connectivity index (χ1n) is 9.84. The Kier molecular flexibility index (Phi) is 5.85. The van der Waals surface area contributed by atoms with Crippen molar-refractivity contribution in [2.75, 3.05) is 11.1 Å². The van der Waals surface area contributed by atoms with E-state index in [-0.39, 0.29) is 11.5 Å². The van der Waals surface area contributed by atoms with Crippen molar-refractivity contribution < 1.29 is 14.3 Å². The summed E-state index contributed by atoms with van der Waals surface area (Å²) >= 11 is 0. The lowest BCUT2D eigenvalue weighted by atomic mass is 10.2. The third-order valence-electron chi connectivity index (χ3n) is 4.71. The summed E-state index contributed by atoms with van der Waals surface area (Å²) in [5.41, 5.74) is 13.8. The molecular formula is C24H21N5O3. The molecule has 0 bridgehead atoms. The molecule has 0 radical (unpaired) electrons. The molecule has 0 fully saturated rings. The molecule has 0 unspecified atom stereocenters. The minimum Gasteiger partial charge on any atom is -0.488 e. The lowest BCUT2D eigenvalue weighted by Gasteiger charge is -2.11. The molecule has 6 N–H and O–H groups in total. The van der Waals surface area contributed by atoms with E-state index in [9.17, 15) is 9.59 Å². The van der Waals surface area contributed by atoms with Gasteiger partial charge in [0, 0.05) is 11.3 Å². The van der Waals surface area contributed by atoms with E-state index in [4.69, 9.17) is 16.2 Å². The minimum absolute atomic E-state index is 0.0153. The van der Waals surface area contributed by atoms with Crippen molar-refractivity contribution in [1.29, 1.82) is 0 Å². The van der Waals surface area contributed by atoms with Gasteiger partial charge in [0.05, 0.1) is 5.56 Å². The fraction of sp³-hybridized carbons (Fsp3) is 0.0417. The van der Waals surface area contributed by atoms with Gasteiger partial charge >= 0.3 is 0 Å². The average molecular weight is 427 g/mol. The number of H-pyrrole nitrogens is 1. The summed E-state index contributed by atoms with van der Waals surface area (Å²) in [5.74, 6) is -0.452. The number of nitrogen functional groups attached to an aromatic ring is 1. The third-order valence-corrected chi connectivity index (χ3v) is 4.71. The van der Waals surface area contributed by atoms with E-state index >= 15 is 0 Å². The smallest absolute Gasteiger partial charge is 0.269 e. The van der Waals surface area contributed by atoms with E-state index in [2.05, 4.69) is 15.3 Å². The molecule has 32 heavy (non-hydrogen) atoms. The standard InChI is InChI=1S/C24H21N5O3/c25-17-10-6-9-16(13-17)22-27-20(21(26)30)23(28-22)29-24(31)18-11-4-5-12-19(18)32-14-15-7-2-1-3-8-15/h1-13H,14,25H2,(H2,26,30)(H,27,28)(H,29,31). The number of aromatic nitrogens is 2. The number of aromatic amines is 1. The summed E-state index contributed by atoms with van der Waals surface area (Å²) in [6.07, 6.45) is 0. The predicted molar refractivity (Wildman–Crippen MR) is 122 cm³/mol. The van der Waals surface area contributed by atoms with E-state index in [0.717, 1.165) is 5.56 Å². The van der Waals surface area contributed by atoms with Gasteiger partial charge in [-0.3, -0.25) is 9.59 Å².